The van der Waals surface area contributed by atoms with Gasteiger partial charge in [-0.2, -0.15) is 0 Å². The molecule has 0 fully saturated rings. The fraction of sp³-hybridized carbons (Fsp3) is 0.636. The second-order valence-electron chi connectivity index (χ2n) is 3.79. The summed E-state index contributed by atoms with van der Waals surface area (Å²) in [7, 11) is 4.16. The lowest BCUT2D eigenvalue weighted by Gasteiger charge is -2.07. The number of aryl methyl sites for hydroxylation is 1. The Hall–Kier alpha value is -0.800. The smallest absolute Gasteiger partial charge is 0.129 e. The highest BCUT2D eigenvalue weighted by Crippen LogP contribution is 2.10. The predicted molar refractivity (Wildman–Crippen MR) is 56.1 cm³/mol. The van der Waals surface area contributed by atoms with Gasteiger partial charge < -0.3 is 14.4 Å². The third kappa shape index (κ3) is 3.94. The van der Waals surface area contributed by atoms with Crippen LogP contribution in [0.2, 0.25) is 0 Å². The number of nitrogens with zero attached hydrogens (tertiary/aromatic N) is 1. The Morgan fingerprint density at radius 3 is 2.50 bits per heavy atom. The Balaban J connectivity index is 2.18. The quantitative estimate of drug-likeness (QED) is 0.705. The lowest BCUT2D eigenvalue weighted by Crippen LogP contribution is -2.12. The van der Waals surface area contributed by atoms with Crippen LogP contribution in [-0.4, -0.2) is 30.6 Å². The third-order valence-corrected chi connectivity index (χ3v) is 2.15. The molecule has 1 aromatic rings. The number of unbranched alkanes of at least 4 members (excludes halogenated alkanes) is 1. The number of hydrogen-bond donors (Lipinski definition) is 1. The van der Waals surface area contributed by atoms with Gasteiger partial charge in [-0.05, 0) is 45.6 Å². The van der Waals surface area contributed by atoms with Crippen LogP contribution in [0, 0.1) is 0 Å². The van der Waals surface area contributed by atoms with Gasteiger partial charge in [0.15, 0.2) is 0 Å². The van der Waals surface area contributed by atoms with E-state index in [1.807, 2.05) is 12.1 Å². The van der Waals surface area contributed by atoms with Crippen LogP contribution in [0.4, 0.5) is 0 Å². The zero-order valence-corrected chi connectivity index (χ0v) is 8.99. The van der Waals surface area contributed by atoms with Crippen molar-refractivity contribution in [3.05, 3.63) is 23.7 Å². The van der Waals surface area contributed by atoms with Gasteiger partial charge in [0.1, 0.15) is 18.1 Å². The van der Waals surface area contributed by atoms with Crippen LogP contribution in [-0.2, 0) is 13.0 Å². The molecule has 0 aliphatic rings. The second kappa shape index (κ2) is 5.83. The van der Waals surface area contributed by atoms with E-state index in [0.717, 1.165) is 25.1 Å². The zero-order valence-electron chi connectivity index (χ0n) is 8.99. The molecule has 0 bridgehead atoms. The largest absolute Gasteiger partial charge is 0.464 e. The monoisotopic (exact) mass is 197 g/mol. The molecule has 0 aliphatic heterocycles. The predicted octanol–water partition coefficient (Wildman–Crippen LogP) is 1.66. The number of aliphatic hydroxyl groups excluding tert-OH is 1. The molecule has 1 aromatic heterocycles. The van der Waals surface area contributed by atoms with Gasteiger partial charge in [-0.25, -0.2) is 0 Å². The number of hydrogen-bond acceptors (Lipinski definition) is 3. The first-order chi connectivity index (χ1) is 6.72. The molecule has 80 valence electrons. The maximum atomic E-state index is 8.79. The molecule has 0 unspecified atom stereocenters. The van der Waals surface area contributed by atoms with E-state index in [4.69, 9.17) is 9.52 Å². The van der Waals surface area contributed by atoms with E-state index in [1.54, 1.807) is 0 Å². The molecule has 0 saturated carbocycles. The first kappa shape index (κ1) is 11.3. The van der Waals surface area contributed by atoms with Crippen molar-refractivity contribution in [1.82, 2.24) is 4.90 Å². The van der Waals surface area contributed by atoms with Crippen molar-refractivity contribution in [1.29, 1.82) is 0 Å². The lowest BCUT2D eigenvalue weighted by atomic mass is 10.2. The van der Waals surface area contributed by atoms with Gasteiger partial charge in [0, 0.05) is 6.42 Å². The molecule has 0 radical (unpaired) electrons. The molecular formula is C11H19NO2. The Kier molecular flexibility index (Phi) is 4.70. The molecule has 14 heavy (non-hydrogen) atoms. The molecule has 1 rings (SSSR count). The van der Waals surface area contributed by atoms with Gasteiger partial charge >= 0.3 is 0 Å². The molecule has 3 nitrogen and oxygen atoms in total. The SMILES string of the molecule is CN(C)CCCCc1ccc(CO)o1. The van der Waals surface area contributed by atoms with Crippen molar-refractivity contribution in [2.75, 3.05) is 20.6 Å². The summed E-state index contributed by atoms with van der Waals surface area (Å²) in [4.78, 5) is 2.18. The van der Waals surface area contributed by atoms with Crippen molar-refractivity contribution in [2.45, 2.75) is 25.9 Å². The first-order valence-corrected chi connectivity index (χ1v) is 5.05. The van der Waals surface area contributed by atoms with Gasteiger partial charge in [0.05, 0.1) is 0 Å². The standard InChI is InChI=1S/C11H19NO2/c1-12(2)8-4-3-5-10-6-7-11(9-13)14-10/h6-7,13H,3-5,8-9H2,1-2H3. The number of rotatable bonds is 6. The maximum absolute atomic E-state index is 8.79. The van der Waals surface area contributed by atoms with Gasteiger partial charge in [-0.15, -0.1) is 0 Å². The van der Waals surface area contributed by atoms with Crippen molar-refractivity contribution in [3.63, 3.8) is 0 Å². The van der Waals surface area contributed by atoms with E-state index in [-0.39, 0.29) is 6.61 Å². The Morgan fingerprint density at radius 1 is 1.21 bits per heavy atom. The van der Waals surface area contributed by atoms with E-state index in [2.05, 4.69) is 19.0 Å². The first-order valence-electron chi connectivity index (χ1n) is 5.05. The van der Waals surface area contributed by atoms with Crippen LogP contribution >= 0.6 is 0 Å². The van der Waals surface area contributed by atoms with E-state index in [9.17, 15) is 0 Å². The molecule has 0 atom stereocenters. The van der Waals surface area contributed by atoms with E-state index < -0.39 is 0 Å². The van der Waals surface area contributed by atoms with Gasteiger partial charge in [-0.3, -0.25) is 0 Å². The average molecular weight is 197 g/mol. The highest BCUT2D eigenvalue weighted by Gasteiger charge is 2.00. The maximum Gasteiger partial charge on any atom is 0.129 e. The highest BCUT2D eigenvalue weighted by molar-refractivity contribution is 5.06. The topological polar surface area (TPSA) is 36.6 Å². The normalized spacial score (nSPS) is 11.1. The average Bonchev–Trinajstić information content (AvgIpc) is 2.60. The fourth-order valence-electron chi connectivity index (χ4n) is 1.37. The van der Waals surface area contributed by atoms with Gasteiger partial charge in [0.25, 0.3) is 0 Å². The molecule has 0 saturated heterocycles. The summed E-state index contributed by atoms with van der Waals surface area (Å²) in [6.07, 6.45) is 3.28. The van der Waals surface area contributed by atoms with Crippen molar-refractivity contribution < 1.29 is 9.52 Å². The lowest BCUT2D eigenvalue weighted by molar-refractivity contribution is 0.243. The van der Waals surface area contributed by atoms with Crippen LogP contribution in [0.25, 0.3) is 0 Å². The molecule has 0 aromatic carbocycles. The van der Waals surface area contributed by atoms with E-state index in [0.29, 0.717) is 5.76 Å². The summed E-state index contributed by atoms with van der Waals surface area (Å²) < 4.78 is 5.38. The summed E-state index contributed by atoms with van der Waals surface area (Å²) in [5, 5.41) is 8.79. The van der Waals surface area contributed by atoms with Crippen molar-refractivity contribution >= 4 is 0 Å². The molecule has 1 N–H and O–H groups in total. The second-order valence-corrected chi connectivity index (χ2v) is 3.79. The van der Waals surface area contributed by atoms with Gasteiger partial charge in [-0.1, -0.05) is 0 Å². The van der Waals surface area contributed by atoms with Crippen LogP contribution in [0.3, 0.4) is 0 Å². The summed E-state index contributed by atoms with van der Waals surface area (Å²) in [5.74, 6) is 1.64. The van der Waals surface area contributed by atoms with E-state index in [1.165, 1.54) is 6.42 Å². The summed E-state index contributed by atoms with van der Waals surface area (Å²) in [6.45, 7) is 1.12. The highest BCUT2D eigenvalue weighted by atomic mass is 16.4. The van der Waals surface area contributed by atoms with Gasteiger partial charge in [0.2, 0.25) is 0 Å². The zero-order chi connectivity index (χ0) is 10.4. The minimum atomic E-state index is -0.00228. The Labute approximate surface area is 85.3 Å². The Morgan fingerprint density at radius 2 is 1.93 bits per heavy atom. The van der Waals surface area contributed by atoms with Crippen molar-refractivity contribution in [2.24, 2.45) is 0 Å². The third-order valence-electron chi connectivity index (χ3n) is 2.15. The van der Waals surface area contributed by atoms with Crippen LogP contribution in [0.5, 0.6) is 0 Å². The minimum absolute atomic E-state index is 0.00228. The Bertz CT molecular complexity index is 256. The van der Waals surface area contributed by atoms with Crippen LogP contribution in [0.1, 0.15) is 24.4 Å². The fourth-order valence-corrected chi connectivity index (χ4v) is 1.37. The summed E-state index contributed by atoms with van der Waals surface area (Å²) in [5.41, 5.74) is 0. The minimum Gasteiger partial charge on any atom is -0.464 e. The molecule has 0 spiro atoms. The molecular weight excluding hydrogens is 178 g/mol. The molecule has 3 heteroatoms. The number of aliphatic hydroxyl groups is 1. The molecule has 1 heterocycles. The summed E-state index contributed by atoms with van der Waals surface area (Å²) >= 11 is 0. The van der Waals surface area contributed by atoms with Crippen molar-refractivity contribution in [3.8, 4) is 0 Å². The van der Waals surface area contributed by atoms with E-state index >= 15 is 0 Å². The number of furan rings is 1. The molecule has 0 aliphatic carbocycles. The molecule has 0 amide bonds. The van der Waals surface area contributed by atoms with Crippen LogP contribution < -0.4 is 0 Å². The van der Waals surface area contributed by atoms with Crippen LogP contribution in [0.15, 0.2) is 16.5 Å². The summed E-state index contributed by atoms with van der Waals surface area (Å²) in [6, 6.07) is 3.78.